The molecular formula is C59H77N7O15S3. The van der Waals surface area contributed by atoms with Crippen LogP contribution in [0.5, 0.6) is 5.75 Å². The van der Waals surface area contributed by atoms with Crippen molar-refractivity contribution in [3.63, 3.8) is 0 Å². The van der Waals surface area contributed by atoms with E-state index in [1.54, 1.807) is 36.4 Å². The van der Waals surface area contributed by atoms with Crippen LogP contribution >= 0.6 is 0 Å². The van der Waals surface area contributed by atoms with Crippen LogP contribution in [0.2, 0.25) is 0 Å². The van der Waals surface area contributed by atoms with Gasteiger partial charge in [0.15, 0.2) is 11.9 Å². The Hall–Kier alpha value is -7.30. The Balaban J connectivity index is 0.00000217. The van der Waals surface area contributed by atoms with E-state index in [2.05, 4.69) is 120 Å². The SMILES string of the molecule is CCCN1\C(=C/C=C/C=C/C2=[N+](CCC)c3ccc(C)cc3C2(C)C)C(C)(CCCCCC(=O)CCCNC(=O)c2cccc(OCC(N=[N+]=[N-])OCCOCC(=O)NCC#CC(C)C)c2)c2cc(S(=O)(=O)[O-])ccc21.O=S(=O)=O.O=S(=O)=O. The molecule has 3 aromatic carbocycles. The molecule has 2 aliphatic rings. The van der Waals surface area contributed by atoms with Crippen molar-refractivity contribution in [1.29, 1.82) is 0 Å². The Labute approximate surface area is 496 Å². The first-order valence-corrected chi connectivity index (χ1v) is 31.0. The number of azide groups is 1. The maximum absolute atomic E-state index is 13.0. The van der Waals surface area contributed by atoms with Crippen molar-refractivity contribution in [2.75, 3.05) is 57.5 Å². The van der Waals surface area contributed by atoms with Gasteiger partial charge in [-0.2, -0.15) is 4.58 Å². The van der Waals surface area contributed by atoms with Crippen LogP contribution in [0, 0.1) is 24.7 Å². The summed E-state index contributed by atoms with van der Waals surface area (Å²) in [7, 11) is -10.9. The van der Waals surface area contributed by atoms with E-state index in [4.69, 9.17) is 45.0 Å². The van der Waals surface area contributed by atoms with Gasteiger partial charge in [-0.1, -0.05) is 93.4 Å². The number of hydrogen-bond acceptors (Lipinski definition) is 17. The molecule has 25 heteroatoms. The first-order chi connectivity index (χ1) is 39.8. The maximum Gasteiger partial charge on any atom is 0.425 e. The number of fused-ring (bicyclic) bond motifs is 2. The number of carbonyl (C=O) groups excluding carboxylic acids is 3. The number of rotatable bonds is 30. The molecule has 2 aliphatic heterocycles. The van der Waals surface area contributed by atoms with Crippen LogP contribution < -0.4 is 20.3 Å². The standard InChI is InChI=1S/C59H77N7O9S.2O3S/c1-9-34-65-51-29-27-44(5)38-49(51)58(6,7)53(65)25-14-11-15-26-54-59(8,50-40-48(76(70,71)72)28-30-52(50)66(54)35-10-2)31-16-12-13-22-46(67)23-19-33-62-57(69)45-21-17-24-47(39-45)75-42-56(63-64-60)74-37-36-73-41-55(68)61-32-18-20-43(3)4;2*1-4(2)3/h11,14-15,17,21,24-30,38-40,43,56H,9-10,12-13,16,19,22-23,31-37,41-42H2,1-8H3,(H2-,61,62,68,69,70,71,72);;. The van der Waals surface area contributed by atoms with Gasteiger partial charge in [0, 0.05) is 83.3 Å². The van der Waals surface area contributed by atoms with Crippen LogP contribution in [-0.4, -0.2) is 125 Å². The molecule has 456 valence electrons. The van der Waals surface area contributed by atoms with Gasteiger partial charge in [-0.25, -0.2) is 8.42 Å². The molecule has 0 aliphatic carbocycles. The molecule has 2 atom stereocenters. The molecule has 5 rings (SSSR count). The molecule has 0 spiro atoms. The lowest BCUT2D eigenvalue weighted by Crippen LogP contribution is -2.29. The van der Waals surface area contributed by atoms with Gasteiger partial charge in [-0.15, -0.1) is 25.3 Å². The van der Waals surface area contributed by atoms with E-state index in [0.717, 1.165) is 49.2 Å². The fourth-order valence-corrected chi connectivity index (χ4v) is 10.1. The quantitative estimate of drug-likeness (QED) is 0.00924. The van der Waals surface area contributed by atoms with Gasteiger partial charge in [0.05, 0.1) is 30.1 Å². The van der Waals surface area contributed by atoms with Crippen molar-refractivity contribution in [3.05, 3.63) is 129 Å². The van der Waals surface area contributed by atoms with Crippen molar-refractivity contribution in [3.8, 4) is 17.6 Å². The van der Waals surface area contributed by atoms with Gasteiger partial charge in [0.1, 0.15) is 41.4 Å². The van der Waals surface area contributed by atoms with E-state index in [9.17, 15) is 27.4 Å². The number of Topliss-reactive ketones (excluding diaryl/α,β-unsaturated/α-hetero) is 1. The summed E-state index contributed by atoms with van der Waals surface area (Å²) in [6, 6.07) is 17.9. The fraction of sp³-hybridized carbons (Fsp3) is 0.492. The first-order valence-electron chi connectivity index (χ1n) is 27.5. The van der Waals surface area contributed by atoms with Crippen LogP contribution in [0.1, 0.15) is 133 Å². The second-order valence-electron chi connectivity index (χ2n) is 20.6. The summed E-state index contributed by atoms with van der Waals surface area (Å²) in [5.74, 6) is 5.85. The zero-order valence-corrected chi connectivity index (χ0v) is 51.4. The summed E-state index contributed by atoms with van der Waals surface area (Å²) in [6.07, 6.45) is 15.5. The molecule has 2 amide bonds. The summed E-state index contributed by atoms with van der Waals surface area (Å²) < 4.78 is 107. The third kappa shape index (κ3) is 23.4. The molecule has 2 N–H and O–H groups in total. The number of ketones is 1. The molecule has 0 bridgehead atoms. The summed E-state index contributed by atoms with van der Waals surface area (Å²) in [6.45, 7) is 19.0. The highest BCUT2D eigenvalue weighted by Crippen LogP contribution is 2.51. The van der Waals surface area contributed by atoms with Gasteiger partial charge in [0.2, 0.25) is 11.6 Å². The number of aryl methyl sites for hydroxylation is 1. The zero-order valence-electron chi connectivity index (χ0n) is 48.9. The second-order valence-corrected chi connectivity index (χ2v) is 22.8. The van der Waals surface area contributed by atoms with Gasteiger partial charge in [0.25, 0.3) is 5.91 Å². The average molecular weight is 1220 g/mol. The number of nitrogens with zero attached hydrogens (tertiary/aromatic N) is 5. The van der Waals surface area contributed by atoms with E-state index in [1.165, 1.54) is 28.6 Å². The molecule has 22 nitrogen and oxygen atoms in total. The number of ether oxygens (including phenoxy) is 3. The number of amides is 2. The predicted octanol–water partition coefficient (Wildman–Crippen LogP) is 8.42. The zero-order chi connectivity index (χ0) is 62.5. The van der Waals surface area contributed by atoms with E-state index >= 15 is 0 Å². The van der Waals surface area contributed by atoms with Gasteiger partial charge < -0.3 is 34.3 Å². The topological polar surface area (TPSA) is 318 Å². The third-order valence-corrected chi connectivity index (χ3v) is 14.3. The van der Waals surface area contributed by atoms with Gasteiger partial charge in [-0.05, 0) is 113 Å². The number of allylic oxidation sites excluding steroid dienone is 6. The van der Waals surface area contributed by atoms with E-state index < -0.39 is 43.0 Å². The number of nitrogens with one attached hydrogen (secondary N) is 2. The van der Waals surface area contributed by atoms with Crippen LogP contribution in [-0.2, 0) is 61.2 Å². The highest BCUT2D eigenvalue weighted by Gasteiger charge is 2.45. The van der Waals surface area contributed by atoms with Crippen molar-refractivity contribution in [2.24, 2.45) is 11.0 Å². The molecule has 0 saturated carbocycles. The molecule has 2 unspecified atom stereocenters. The maximum atomic E-state index is 13.0. The lowest BCUT2D eigenvalue weighted by Gasteiger charge is -2.30. The minimum absolute atomic E-state index is 0.0405. The minimum atomic E-state index is -4.69. The molecule has 0 radical (unpaired) electrons. The van der Waals surface area contributed by atoms with Crippen LogP contribution in [0.25, 0.3) is 10.4 Å². The molecule has 0 saturated heterocycles. The number of benzene rings is 3. The molecule has 3 aromatic rings. The Bertz CT molecular complexity index is 3320. The Morgan fingerprint density at radius 2 is 1.60 bits per heavy atom. The van der Waals surface area contributed by atoms with Crippen molar-refractivity contribution in [1.82, 2.24) is 10.6 Å². The lowest BCUT2D eigenvalue weighted by molar-refractivity contribution is -0.437. The minimum Gasteiger partial charge on any atom is -0.744 e. The normalized spacial score (nSPS) is 15.6. The van der Waals surface area contributed by atoms with Crippen LogP contribution in [0.15, 0.2) is 107 Å². The van der Waals surface area contributed by atoms with Gasteiger partial charge >= 0.3 is 21.2 Å². The number of hydrogen-bond donors (Lipinski definition) is 2. The number of anilines is 1. The number of unbranched alkanes of at least 4 members (excludes halogenated alkanes) is 2. The fourth-order valence-electron chi connectivity index (χ4n) is 9.64. The molecule has 84 heavy (non-hydrogen) atoms. The lowest BCUT2D eigenvalue weighted by atomic mass is 9.77. The third-order valence-electron chi connectivity index (χ3n) is 13.4. The van der Waals surface area contributed by atoms with Crippen LogP contribution in [0.3, 0.4) is 0 Å². The number of carbonyl (C=O) groups is 3. The average Bonchev–Trinajstić information content (AvgIpc) is 2.46. The monoisotopic (exact) mass is 1220 g/mol. The predicted molar refractivity (Wildman–Crippen MR) is 316 cm³/mol. The van der Waals surface area contributed by atoms with Gasteiger partial charge in [-0.3, -0.25) is 14.4 Å². The smallest absolute Gasteiger partial charge is 0.425 e. The second kappa shape index (κ2) is 35.8. The summed E-state index contributed by atoms with van der Waals surface area (Å²) >= 11 is 0. The molecule has 0 fully saturated rings. The first kappa shape index (κ1) is 71.0. The highest BCUT2D eigenvalue weighted by atomic mass is 32.2. The largest absolute Gasteiger partial charge is 0.744 e. The van der Waals surface area contributed by atoms with Crippen molar-refractivity contribution < 1.29 is 71.4 Å². The Morgan fingerprint density at radius 1 is 0.881 bits per heavy atom. The Morgan fingerprint density at radius 3 is 2.26 bits per heavy atom. The summed E-state index contributed by atoms with van der Waals surface area (Å²) in [5.41, 5.74) is 16.4. The highest BCUT2D eigenvalue weighted by molar-refractivity contribution is 7.85. The molecular weight excluding hydrogens is 1140 g/mol. The van der Waals surface area contributed by atoms with Crippen molar-refractivity contribution >= 4 is 66.0 Å². The van der Waals surface area contributed by atoms with Crippen LogP contribution in [0.4, 0.5) is 11.4 Å². The van der Waals surface area contributed by atoms with E-state index in [0.29, 0.717) is 56.5 Å². The summed E-state index contributed by atoms with van der Waals surface area (Å²) in [4.78, 5) is 42.7. The van der Waals surface area contributed by atoms with E-state index in [-0.39, 0.29) is 66.8 Å². The molecule has 2 heterocycles. The Kier molecular flexibility index (Phi) is 30.2. The summed E-state index contributed by atoms with van der Waals surface area (Å²) in [5, 5.41) is 9.12. The molecule has 0 aromatic heterocycles. The van der Waals surface area contributed by atoms with E-state index in [1.807, 2.05) is 26.0 Å². The van der Waals surface area contributed by atoms with Crippen molar-refractivity contribution in [2.45, 2.75) is 135 Å².